The maximum Gasteiger partial charge on any atom is 0.126 e. The minimum absolute atomic E-state index is 0.0870. The lowest BCUT2D eigenvalue weighted by Crippen LogP contribution is -2.26. The maximum absolute atomic E-state index is 6.19. The Morgan fingerprint density at radius 2 is 1.90 bits per heavy atom. The van der Waals surface area contributed by atoms with Gasteiger partial charge in [-0.1, -0.05) is 29.8 Å². The lowest BCUT2D eigenvalue weighted by atomic mass is 9.92. The fourth-order valence-corrected chi connectivity index (χ4v) is 2.83. The quantitative estimate of drug-likeness (QED) is 0.929. The van der Waals surface area contributed by atoms with Gasteiger partial charge in [-0.3, -0.25) is 0 Å². The van der Waals surface area contributed by atoms with Crippen molar-refractivity contribution in [3.05, 3.63) is 59.2 Å². The van der Waals surface area contributed by atoms with Crippen molar-refractivity contribution in [2.75, 3.05) is 14.2 Å². The number of aryl methyl sites for hydroxylation is 1. The van der Waals surface area contributed by atoms with Gasteiger partial charge in [-0.25, -0.2) is 0 Å². The zero-order chi connectivity index (χ0) is 14.8. The highest BCUT2D eigenvalue weighted by Gasteiger charge is 2.28. The molecule has 1 aliphatic rings. The molecule has 0 radical (unpaired) electrons. The number of ether oxygens (including phenoxy) is 2. The summed E-state index contributed by atoms with van der Waals surface area (Å²) in [4.78, 5) is 0. The Morgan fingerprint density at radius 1 is 1.14 bits per heavy atom. The Labute approximate surface area is 125 Å². The van der Waals surface area contributed by atoms with E-state index in [0.717, 1.165) is 17.9 Å². The van der Waals surface area contributed by atoms with E-state index in [0.29, 0.717) is 0 Å². The van der Waals surface area contributed by atoms with Crippen molar-refractivity contribution in [2.45, 2.75) is 25.5 Å². The van der Waals surface area contributed by atoms with E-state index in [9.17, 15) is 0 Å². The number of fused-ring (bicyclic) bond motifs is 1. The smallest absolute Gasteiger partial charge is 0.126 e. The minimum atomic E-state index is 0.0870. The highest BCUT2D eigenvalue weighted by molar-refractivity contribution is 5.44. The molecule has 2 aromatic carbocycles. The lowest BCUT2D eigenvalue weighted by Gasteiger charge is -2.32. The molecule has 3 heteroatoms. The molecule has 1 heterocycles. The van der Waals surface area contributed by atoms with Crippen LogP contribution in [0.3, 0.4) is 0 Å². The SMILES string of the molecule is CNC1CC(c2ccc(C)cc2)Oc2ccc(OC)cc21. The monoisotopic (exact) mass is 283 g/mol. The Balaban J connectivity index is 1.93. The molecule has 0 aliphatic carbocycles. The molecule has 0 saturated heterocycles. The molecule has 0 fully saturated rings. The summed E-state index contributed by atoms with van der Waals surface area (Å²) in [6.07, 6.45) is 1.00. The van der Waals surface area contributed by atoms with Crippen molar-refractivity contribution in [2.24, 2.45) is 0 Å². The van der Waals surface area contributed by atoms with Crippen LogP contribution in [0.1, 0.15) is 35.3 Å². The second-order valence-corrected chi connectivity index (χ2v) is 5.50. The van der Waals surface area contributed by atoms with Crippen LogP contribution >= 0.6 is 0 Å². The third-order valence-corrected chi connectivity index (χ3v) is 4.11. The van der Waals surface area contributed by atoms with Crippen LogP contribution in [0.4, 0.5) is 0 Å². The van der Waals surface area contributed by atoms with E-state index in [2.05, 4.69) is 42.6 Å². The van der Waals surface area contributed by atoms with Crippen molar-refractivity contribution in [1.82, 2.24) is 5.32 Å². The first-order chi connectivity index (χ1) is 10.2. The summed E-state index contributed by atoms with van der Waals surface area (Å²) in [6, 6.07) is 14.9. The predicted octanol–water partition coefficient (Wildman–Crippen LogP) is 3.79. The molecule has 21 heavy (non-hydrogen) atoms. The van der Waals surface area contributed by atoms with Gasteiger partial charge >= 0.3 is 0 Å². The summed E-state index contributed by atoms with van der Waals surface area (Å²) in [5, 5.41) is 3.39. The first-order valence-corrected chi connectivity index (χ1v) is 7.29. The van der Waals surface area contributed by atoms with Crippen molar-refractivity contribution in [3.63, 3.8) is 0 Å². The molecule has 110 valence electrons. The molecule has 0 spiro atoms. The summed E-state index contributed by atoms with van der Waals surface area (Å²) >= 11 is 0. The van der Waals surface area contributed by atoms with Crippen molar-refractivity contribution in [3.8, 4) is 11.5 Å². The van der Waals surface area contributed by atoms with E-state index in [1.807, 2.05) is 19.2 Å². The van der Waals surface area contributed by atoms with Crippen LogP contribution in [0, 0.1) is 6.92 Å². The Kier molecular flexibility index (Phi) is 3.84. The number of hydrogen-bond acceptors (Lipinski definition) is 3. The third-order valence-electron chi connectivity index (χ3n) is 4.11. The van der Waals surface area contributed by atoms with E-state index >= 15 is 0 Å². The van der Waals surface area contributed by atoms with Gasteiger partial charge in [0.2, 0.25) is 0 Å². The highest BCUT2D eigenvalue weighted by Crippen LogP contribution is 2.42. The van der Waals surface area contributed by atoms with Gasteiger partial charge in [-0.05, 0) is 37.7 Å². The van der Waals surface area contributed by atoms with Crippen LogP contribution in [0.2, 0.25) is 0 Å². The Morgan fingerprint density at radius 3 is 2.57 bits per heavy atom. The maximum atomic E-state index is 6.19. The summed E-state index contributed by atoms with van der Waals surface area (Å²) in [7, 11) is 3.68. The van der Waals surface area contributed by atoms with E-state index in [1.54, 1.807) is 7.11 Å². The Bertz CT molecular complexity index is 622. The largest absolute Gasteiger partial charge is 0.497 e. The molecule has 1 N–H and O–H groups in total. The molecule has 2 atom stereocenters. The van der Waals surface area contributed by atoms with Crippen LogP contribution in [0.25, 0.3) is 0 Å². The Hall–Kier alpha value is -2.00. The number of benzene rings is 2. The van der Waals surface area contributed by atoms with E-state index in [1.165, 1.54) is 16.7 Å². The molecular weight excluding hydrogens is 262 g/mol. The molecule has 0 saturated carbocycles. The van der Waals surface area contributed by atoms with Crippen molar-refractivity contribution < 1.29 is 9.47 Å². The molecule has 1 aliphatic heterocycles. The van der Waals surface area contributed by atoms with Gasteiger partial charge in [-0.15, -0.1) is 0 Å². The van der Waals surface area contributed by atoms with E-state index in [-0.39, 0.29) is 12.1 Å². The topological polar surface area (TPSA) is 30.5 Å². The summed E-state index contributed by atoms with van der Waals surface area (Å²) in [5.41, 5.74) is 3.66. The molecule has 3 rings (SSSR count). The standard InChI is InChI=1S/C18H21NO2/c1-12-4-6-13(7-5-12)18-11-16(19-2)15-10-14(20-3)8-9-17(15)21-18/h4-10,16,18-19H,11H2,1-3H3. The average Bonchev–Trinajstić information content (AvgIpc) is 2.54. The second-order valence-electron chi connectivity index (χ2n) is 5.50. The van der Waals surface area contributed by atoms with Crippen LogP contribution in [-0.4, -0.2) is 14.2 Å². The normalized spacial score (nSPS) is 20.5. The van der Waals surface area contributed by atoms with Gasteiger partial charge in [0, 0.05) is 18.0 Å². The first-order valence-electron chi connectivity index (χ1n) is 7.29. The molecule has 0 amide bonds. The third kappa shape index (κ3) is 2.74. The van der Waals surface area contributed by atoms with E-state index in [4.69, 9.17) is 9.47 Å². The van der Waals surface area contributed by atoms with Crippen molar-refractivity contribution in [1.29, 1.82) is 0 Å². The molecule has 0 aromatic heterocycles. The van der Waals surface area contributed by atoms with Gasteiger partial charge in [0.05, 0.1) is 7.11 Å². The summed E-state index contributed by atoms with van der Waals surface area (Å²) < 4.78 is 11.5. The number of methoxy groups -OCH3 is 1. The molecular formula is C18H21NO2. The van der Waals surface area contributed by atoms with Gasteiger partial charge in [0.25, 0.3) is 0 Å². The van der Waals surface area contributed by atoms with Gasteiger partial charge < -0.3 is 14.8 Å². The second kappa shape index (κ2) is 5.78. The van der Waals surface area contributed by atoms with Crippen LogP contribution in [-0.2, 0) is 0 Å². The minimum Gasteiger partial charge on any atom is -0.497 e. The van der Waals surface area contributed by atoms with Crippen LogP contribution in [0.15, 0.2) is 42.5 Å². The van der Waals surface area contributed by atoms with Gasteiger partial charge in [0.1, 0.15) is 17.6 Å². The highest BCUT2D eigenvalue weighted by atomic mass is 16.5. The number of hydrogen-bond donors (Lipinski definition) is 1. The van der Waals surface area contributed by atoms with Crippen LogP contribution < -0.4 is 14.8 Å². The molecule has 2 aromatic rings. The van der Waals surface area contributed by atoms with Gasteiger partial charge in [-0.2, -0.15) is 0 Å². The first kappa shape index (κ1) is 14.0. The van der Waals surface area contributed by atoms with Crippen molar-refractivity contribution >= 4 is 0 Å². The fourth-order valence-electron chi connectivity index (χ4n) is 2.83. The zero-order valence-electron chi connectivity index (χ0n) is 12.7. The molecule has 3 nitrogen and oxygen atoms in total. The lowest BCUT2D eigenvalue weighted by molar-refractivity contribution is 0.153. The zero-order valence-corrected chi connectivity index (χ0v) is 12.7. The summed E-state index contributed by atoms with van der Waals surface area (Å²) in [6.45, 7) is 2.10. The van der Waals surface area contributed by atoms with E-state index < -0.39 is 0 Å². The van der Waals surface area contributed by atoms with Gasteiger partial charge in [0.15, 0.2) is 0 Å². The average molecular weight is 283 g/mol. The number of nitrogens with one attached hydrogen (secondary N) is 1. The van der Waals surface area contributed by atoms with Crippen LogP contribution in [0.5, 0.6) is 11.5 Å². The molecule has 2 unspecified atom stereocenters. The fraction of sp³-hybridized carbons (Fsp3) is 0.333. The predicted molar refractivity (Wildman–Crippen MR) is 84.0 cm³/mol. The summed E-state index contributed by atoms with van der Waals surface area (Å²) in [5.74, 6) is 1.80. The molecule has 0 bridgehead atoms. The number of rotatable bonds is 3.